The second-order valence-corrected chi connectivity index (χ2v) is 5.37. The minimum absolute atomic E-state index is 0.0479. The van der Waals surface area contributed by atoms with E-state index in [1.165, 1.54) is 0 Å². The molecule has 0 bridgehead atoms. The Morgan fingerprint density at radius 2 is 1.87 bits per heavy atom. The van der Waals surface area contributed by atoms with Crippen LogP contribution < -0.4 is 20.5 Å². The van der Waals surface area contributed by atoms with Gasteiger partial charge in [0, 0.05) is 6.04 Å². The number of urea groups is 1. The molecule has 0 saturated heterocycles. The summed E-state index contributed by atoms with van der Waals surface area (Å²) in [5, 5.41) is 2.66. The highest BCUT2D eigenvalue weighted by Gasteiger charge is 2.10. The number of hydrogen-bond donors (Lipinski definition) is 2. The normalized spacial score (nSPS) is 11.6. The van der Waals surface area contributed by atoms with Crippen LogP contribution in [0.2, 0.25) is 0 Å². The second-order valence-electron chi connectivity index (χ2n) is 5.37. The van der Waals surface area contributed by atoms with E-state index >= 15 is 0 Å². The summed E-state index contributed by atoms with van der Waals surface area (Å²) < 4.78 is 11.2. The molecular weight excluding hydrogens is 292 g/mol. The van der Waals surface area contributed by atoms with Crippen LogP contribution in [0.5, 0.6) is 11.5 Å². The van der Waals surface area contributed by atoms with Crippen LogP contribution >= 0.6 is 0 Å². The average Bonchev–Trinajstić information content (AvgIpc) is 2.53. The Hall–Kier alpha value is -2.69. The van der Waals surface area contributed by atoms with Gasteiger partial charge >= 0.3 is 6.03 Å². The molecule has 0 radical (unpaired) electrons. The standard InChI is InChI=1S/C18H22N2O3/c1-13(20-18(19)21)10-15-8-9-16(17(11-15)22-2)23-12-14-6-4-3-5-7-14/h3-9,11,13H,10,12H2,1-2H3,(H3,19,20,21). The summed E-state index contributed by atoms with van der Waals surface area (Å²) in [6.45, 7) is 2.38. The zero-order valence-corrected chi connectivity index (χ0v) is 13.4. The van der Waals surface area contributed by atoms with E-state index in [-0.39, 0.29) is 6.04 Å². The topological polar surface area (TPSA) is 73.6 Å². The molecule has 0 saturated carbocycles. The number of nitrogens with one attached hydrogen (secondary N) is 1. The monoisotopic (exact) mass is 314 g/mol. The van der Waals surface area contributed by atoms with Crippen LogP contribution in [-0.2, 0) is 13.0 Å². The number of amides is 2. The SMILES string of the molecule is COc1cc(CC(C)NC(N)=O)ccc1OCc1ccccc1. The molecule has 0 aromatic heterocycles. The second kappa shape index (κ2) is 8.08. The van der Waals surface area contributed by atoms with Crippen LogP contribution in [0.1, 0.15) is 18.1 Å². The van der Waals surface area contributed by atoms with Crippen molar-refractivity contribution in [2.75, 3.05) is 7.11 Å². The number of primary amides is 1. The summed E-state index contributed by atoms with van der Waals surface area (Å²) in [7, 11) is 1.61. The van der Waals surface area contributed by atoms with Crippen molar-refractivity contribution in [3.8, 4) is 11.5 Å². The lowest BCUT2D eigenvalue weighted by atomic mass is 10.1. The fraction of sp³-hybridized carbons (Fsp3) is 0.278. The number of ether oxygens (including phenoxy) is 2. The Kier molecular flexibility index (Phi) is 5.86. The number of benzene rings is 2. The van der Waals surface area contributed by atoms with Crippen molar-refractivity contribution in [1.82, 2.24) is 5.32 Å². The molecule has 3 N–H and O–H groups in total. The Morgan fingerprint density at radius 3 is 2.52 bits per heavy atom. The summed E-state index contributed by atoms with van der Waals surface area (Å²) in [6, 6.07) is 15.1. The third-order valence-corrected chi connectivity index (χ3v) is 3.40. The molecule has 0 aliphatic heterocycles. The minimum atomic E-state index is -0.521. The van der Waals surface area contributed by atoms with Gasteiger partial charge in [-0.3, -0.25) is 0 Å². The molecule has 2 rings (SSSR count). The fourth-order valence-electron chi connectivity index (χ4n) is 2.34. The van der Waals surface area contributed by atoms with Crippen LogP contribution in [0.25, 0.3) is 0 Å². The number of carbonyl (C=O) groups excluding carboxylic acids is 1. The van der Waals surface area contributed by atoms with Crippen LogP contribution in [-0.4, -0.2) is 19.2 Å². The van der Waals surface area contributed by atoms with Gasteiger partial charge in [-0.15, -0.1) is 0 Å². The highest BCUT2D eigenvalue weighted by Crippen LogP contribution is 2.29. The first-order chi connectivity index (χ1) is 11.1. The van der Waals surface area contributed by atoms with Crippen LogP contribution in [0, 0.1) is 0 Å². The highest BCUT2D eigenvalue weighted by atomic mass is 16.5. The van der Waals surface area contributed by atoms with Crippen LogP contribution in [0.4, 0.5) is 4.79 Å². The van der Waals surface area contributed by atoms with Crippen LogP contribution in [0.3, 0.4) is 0 Å². The summed E-state index contributed by atoms with van der Waals surface area (Å²) in [4.78, 5) is 10.9. The van der Waals surface area contributed by atoms with E-state index in [0.29, 0.717) is 24.5 Å². The molecule has 2 amide bonds. The Labute approximate surface area is 136 Å². The molecule has 5 heteroatoms. The van der Waals surface area contributed by atoms with E-state index in [2.05, 4.69) is 5.32 Å². The van der Waals surface area contributed by atoms with Gasteiger partial charge in [0.1, 0.15) is 6.61 Å². The van der Waals surface area contributed by atoms with Crippen molar-refractivity contribution in [3.05, 3.63) is 59.7 Å². The van der Waals surface area contributed by atoms with Gasteiger partial charge in [0.2, 0.25) is 0 Å². The average molecular weight is 314 g/mol. The maximum absolute atomic E-state index is 10.9. The first-order valence-electron chi connectivity index (χ1n) is 7.48. The third-order valence-electron chi connectivity index (χ3n) is 3.40. The van der Waals surface area contributed by atoms with Crippen molar-refractivity contribution in [2.45, 2.75) is 26.0 Å². The lowest BCUT2D eigenvalue weighted by Gasteiger charge is -2.15. The molecule has 1 unspecified atom stereocenters. The van der Waals surface area contributed by atoms with Gasteiger partial charge in [0.15, 0.2) is 11.5 Å². The predicted molar refractivity (Wildman–Crippen MR) is 89.7 cm³/mol. The van der Waals surface area contributed by atoms with Gasteiger partial charge in [-0.25, -0.2) is 4.79 Å². The zero-order chi connectivity index (χ0) is 16.7. The Balaban J connectivity index is 2.02. The van der Waals surface area contributed by atoms with Crippen molar-refractivity contribution < 1.29 is 14.3 Å². The van der Waals surface area contributed by atoms with Gasteiger partial charge in [-0.1, -0.05) is 36.4 Å². The maximum atomic E-state index is 10.9. The molecular formula is C18H22N2O3. The number of rotatable bonds is 7. The molecule has 0 heterocycles. The van der Waals surface area contributed by atoms with Gasteiger partial charge < -0.3 is 20.5 Å². The minimum Gasteiger partial charge on any atom is -0.493 e. The van der Waals surface area contributed by atoms with Crippen molar-refractivity contribution in [3.63, 3.8) is 0 Å². The summed E-state index contributed by atoms with van der Waals surface area (Å²) in [5.74, 6) is 1.36. The van der Waals surface area contributed by atoms with Crippen molar-refractivity contribution in [1.29, 1.82) is 0 Å². The summed E-state index contributed by atoms with van der Waals surface area (Å²) >= 11 is 0. The van der Waals surface area contributed by atoms with E-state index < -0.39 is 6.03 Å². The molecule has 1 atom stereocenters. The quantitative estimate of drug-likeness (QED) is 0.825. The summed E-state index contributed by atoms with van der Waals surface area (Å²) in [5.41, 5.74) is 7.26. The summed E-state index contributed by atoms with van der Waals surface area (Å²) in [6.07, 6.45) is 0.665. The largest absolute Gasteiger partial charge is 0.493 e. The third kappa shape index (κ3) is 5.21. The van der Waals surface area contributed by atoms with E-state index in [1.54, 1.807) is 7.11 Å². The van der Waals surface area contributed by atoms with Gasteiger partial charge in [-0.05, 0) is 36.6 Å². The molecule has 23 heavy (non-hydrogen) atoms. The van der Waals surface area contributed by atoms with Crippen LogP contribution in [0.15, 0.2) is 48.5 Å². The van der Waals surface area contributed by atoms with E-state index in [4.69, 9.17) is 15.2 Å². The maximum Gasteiger partial charge on any atom is 0.312 e. The van der Waals surface area contributed by atoms with E-state index in [0.717, 1.165) is 11.1 Å². The first-order valence-corrected chi connectivity index (χ1v) is 7.48. The molecule has 0 spiro atoms. The molecule has 0 aliphatic carbocycles. The van der Waals surface area contributed by atoms with Crippen molar-refractivity contribution in [2.24, 2.45) is 5.73 Å². The Bertz CT molecular complexity index is 644. The molecule has 122 valence electrons. The smallest absolute Gasteiger partial charge is 0.312 e. The number of nitrogens with two attached hydrogens (primary N) is 1. The molecule has 0 aliphatic rings. The number of methoxy groups -OCH3 is 1. The molecule has 0 fully saturated rings. The zero-order valence-electron chi connectivity index (χ0n) is 13.4. The van der Waals surface area contributed by atoms with Crippen molar-refractivity contribution >= 4 is 6.03 Å². The molecule has 2 aromatic rings. The fourth-order valence-corrected chi connectivity index (χ4v) is 2.34. The van der Waals surface area contributed by atoms with Gasteiger partial charge in [0.05, 0.1) is 7.11 Å². The van der Waals surface area contributed by atoms with Gasteiger partial charge in [-0.2, -0.15) is 0 Å². The number of carbonyl (C=O) groups is 1. The first kappa shape index (κ1) is 16.7. The molecule has 2 aromatic carbocycles. The highest BCUT2D eigenvalue weighted by molar-refractivity contribution is 5.71. The molecule has 5 nitrogen and oxygen atoms in total. The van der Waals surface area contributed by atoms with E-state index in [9.17, 15) is 4.79 Å². The Morgan fingerprint density at radius 1 is 1.13 bits per heavy atom. The lowest BCUT2D eigenvalue weighted by molar-refractivity contribution is 0.246. The van der Waals surface area contributed by atoms with E-state index in [1.807, 2.05) is 55.5 Å². The van der Waals surface area contributed by atoms with Gasteiger partial charge in [0.25, 0.3) is 0 Å². The predicted octanol–water partition coefficient (Wildman–Crippen LogP) is 2.87. The lowest BCUT2D eigenvalue weighted by Crippen LogP contribution is -2.37. The number of hydrogen-bond acceptors (Lipinski definition) is 3.